The van der Waals surface area contributed by atoms with E-state index < -0.39 is 6.04 Å². The fraction of sp³-hybridized carbons (Fsp3) is 0.263. The second kappa shape index (κ2) is 12.6. The average Bonchev–Trinajstić information content (AvgIpc) is 3.80. The van der Waals surface area contributed by atoms with Crippen LogP contribution < -0.4 is 20.2 Å². The minimum absolute atomic E-state index is 0.106. The lowest BCUT2D eigenvalue weighted by Gasteiger charge is -2.25. The number of nitrogens with one attached hydrogen (secondary N) is 1. The molecule has 0 saturated carbocycles. The van der Waals surface area contributed by atoms with E-state index in [1.165, 1.54) is 16.9 Å². The number of carbonyl (C=O) groups excluding carboxylic acids is 2. The molecule has 0 spiro atoms. The molecule has 3 aromatic carbocycles. The van der Waals surface area contributed by atoms with Gasteiger partial charge in [-0.15, -0.1) is 0 Å². The van der Waals surface area contributed by atoms with Crippen molar-refractivity contribution in [1.29, 1.82) is 0 Å². The maximum atomic E-state index is 14.4. The number of thiazole rings is 1. The van der Waals surface area contributed by atoms with Crippen LogP contribution >= 0.6 is 11.3 Å². The summed E-state index contributed by atoms with van der Waals surface area (Å²) < 4.78 is 4.15. The minimum atomic E-state index is -0.655. The number of fused-ring (bicyclic) bond motifs is 2. The molecule has 1 saturated heterocycles. The molecule has 5 aromatic rings. The van der Waals surface area contributed by atoms with Crippen LogP contribution in [0.2, 0.25) is 0 Å². The SMILES string of the molecule is CC1=C(C(=O)Nc2ccccc2)[C@H](c2ccc(C(C)C)cc2)n2c(s/c(=C/c3cn(CC(=O)N4CCCC4)c4ccccc34)c2=O)=N1. The third-order valence-electron chi connectivity index (χ3n) is 9.09. The molecule has 2 aliphatic rings. The van der Waals surface area contributed by atoms with Crippen molar-refractivity contribution in [3.8, 4) is 0 Å². The zero-order chi connectivity index (χ0) is 32.7. The van der Waals surface area contributed by atoms with E-state index >= 15 is 0 Å². The number of likely N-dealkylation sites (tertiary alicyclic amines) is 1. The van der Waals surface area contributed by atoms with Gasteiger partial charge < -0.3 is 14.8 Å². The van der Waals surface area contributed by atoms with E-state index in [-0.39, 0.29) is 23.9 Å². The third-order valence-corrected chi connectivity index (χ3v) is 10.1. The second-order valence-electron chi connectivity index (χ2n) is 12.5. The molecular weight excluding hydrogens is 607 g/mol. The normalized spacial score (nSPS) is 16.6. The monoisotopic (exact) mass is 643 g/mol. The summed E-state index contributed by atoms with van der Waals surface area (Å²) in [4.78, 5) is 48.6. The number of hydrogen-bond acceptors (Lipinski definition) is 5. The van der Waals surface area contributed by atoms with E-state index in [4.69, 9.17) is 4.99 Å². The Morgan fingerprint density at radius 3 is 2.40 bits per heavy atom. The summed E-state index contributed by atoms with van der Waals surface area (Å²) in [5, 5.41) is 3.98. The van der Waals surface area contributed by atoms with Gasteiger partial charge in [-0.1, -0.05) is 85.8 Å². The summed E-state index contributed by atoms with van der Waals surface area (Å²) in [7, 11) is 0. The van der Waals surface area contributed by atoms with Crippen LogP contribution in [0.25, 0.3) is 17.0 Å². The van der Waals surface area contributed by atoms with Crippen molar-refractivity contribution >= 4 is 45.8 Å². The van der Waals surface area contributed by atoms with Crippen molar-refractivity contribution in [2.24, 2.45) is 4.99 Å². The number of aromatic nitrogens is 2. The van der Waals surface area contributed by atoms with Gasteiger partial charge in [0.05, 0.1) is 21.8 Å². The van der Waals surface area contributed by atoms with Gasteiger partial charge in [-0.2, -0.15) is 0 Å². The van der Waals surface area contributed by atoms with E-state index in [0.29, 0.717) is 32.2 Å². The maximum Gasteiger partial charge on any atom is 0.271 e. The molecule has 1 fully saturated rings. The van der Waals surface area contributed by atoms with E-state index in [1.54, 1.807) is 4.57 Å². The fourth-order valence-electron chi connectivity index (χ4n) is 6.58. The van der Waals surface area contributed by atoms with Gasteiger partial charge in [-0.25, -0.2) is 4.99 Å². The first-order chi connectivity index (χ1) is 22.8. The first-order valence-corrected chi connectivity index (χ1v) is 16.9. The quantitative estimate of drug-likeness (QED) is 0.252. The molecule has 9 heteroatoms. The number of para-hydroxylation sites is 2. The predicted octanol–water partition coefficient (Wildman–Crippen LogP) is 5.57. The Balaban J connectivity index is 1.33. The van der Waals surface area contributed by atoms with E-state index in [1.807, 2.05) is 95.4 Å². The highest BCUT2D eigenvalue weighted by molar-refractivity contribution is 7.07. The average molecular weight is 644 g/mol. The molecular formula is C38H37N5O3S. The highest BCUT2D eigenvalue weighted by Crippen LogP contribution is 2.32. The van der Waals surface area contributed by atoms with Crippen molar-refractivity contribution in [2.75, 3.05) is 18.4 Å². The zero-order valence-corrected chi connectivity index (χ0v) is 27.6. The smallest absolute Gasteiger partial charge is 0.271 e. The predicted molar refractivity (Wildman–Crippen MR) is 187 cm³/mol. The molecule has 0 radical (unpaired) electrons. The number of benzene rings is 3. The first-order valence-electron chi connectivity index (χ1n) is 16.1. The molecule has 1 N–H and O–H groups in total. The lowest BCUT2D eigenvalue weighted by molar-refractivity contribution is -0.130. The molecule has 7 rings (SSSR count). The Morgan fingerprint density at radius 2 is 1.68 bits per heavy atom. The zero-order valence-electron chi connectivity index (χ0n) is 26.8. The third kappa shape index (κ3) is 5.87. The summed E-state index contributed by atoms with van der Waals surface area (Å²) in [5.41, 5.74) is 5.28. The highest BCUT2D eigenvalue weighted by atomic mass is 32.1. The van der Waals surface area contributed by atoms with Crippen molar-refractivity contribution < 1.29 is 9.59 Å². The maximum absolute atomic E-state index is 14.4. The Morgan fingerprint density at radius 1 is 0.979 bits per heavy atom. The Kier molecular flexibility index (Phi) is 8.24. The van der Waals surface area contributed by atoms with Crippen molar-refractivity contribution in [2.45, 2.75) is 52.1 Å². The fourth-order valence-corrected chi connectivity index (χ4v) is 7.62. The largest absolute Gasteiger partial charge is 0.341 e. The number of allylic oxidation sites excluding steroid dienone is 1. The Labute approximate surface area is 277 Å². The topological polar surface area (TPSA) is 88.7 Å². The summed E-state index contributed by atoms with van der Waals surface area (Å²) in [6.07, 6.45) is 5.94. The molecule has 0 unspecified atom stereocenters. The highest BCUT2D eigenvalue weighted by Gasteiger charge is 2.32. The van der Waals surface area contributed by atoms with E-state index in [2.05, 4.69) is 31.3 Å². The molecule has 47 heavy (non-hydrogen) atoms. The van der Waals surface area contributed by atoms with Crippen LogP contribution in [0, 0.1) is 0 Å². The Hall–Kier alpha value is -5.02. The van der Waals surface area contributed by atoms with Gasteiger partial charge in [0.1, 0.15) is 6.54 Å². The summed E-state index contributed by atoms with van der Waals surface area (Å²) in [6, 6.07) is 24.8. The number of rotatable bonds is 7. The lowest BCUT2D eigenvalue weighted by atomic mass is 9.93. The number of hydrogen-bond donors (Lipinski definition) is 1. The van der Waals surface area contributed by atoms with Gasteiger partial charge in [0, 0.05) is 41.4 Å². The van der Waals surface area contributed by atoms with Crippen LogP contribution in [0.1, 0.15) is 62.3 Å². The van der Waals surface area contributed by atoms with Gasteiger partial charge in [-0.05, 0) is 61.1 Å². The summed E-state index contributed by atoms with van der Waals surface area (Å²) in [6.45, 7) is 7.97. The van der Waals surface area contributed by atoms with E-state index in [0.717, 1.165) is 48.0 Å². The molecule has 8 nitrogen and oxygen atoms in total. The summed E-state index contributed by atoms with van der Waals surface area (Å²) in [5.74, 6) is 0.154. The number of carbonyl (C=O) groups is 2. The lowest BCUT2D eigenvalue weighted by Crippen LogP contribution is -2.40. The number of anilines is 1. The van der Waals surface area contributed by atoms with Gasteiger partial charge in [0.25, 0.3) is 11.5 Å². The molecule has 0 aliphatic carbocycles. The van der Waals surface area contributed by atoms with Crippen LogP contribution in [0.3, 0.4) is 0 Å². The molecule has 2 aromatic heterocycles. The van der Waals surface area contributed by atoms with Crippen molar-refractivity contribution in [3.63, 3.8) is 0 Å². The number of nitrogens with zero attached hydrogens (tertiary/aromatic N) is 4. The van der Waals surface area contributed by atoms with Crippen LogP contribution in [-0.2, 0) is 16.1 Å². The van der Waals surface area contributed by atoms with Crippen LogP contribution in [0.5, 0.6) is 0 Å². The van der Waals surface area contributed by atoms with Gasteiger partial charge in [0.2, 0.25) is 5.91 Å². The summed E-state index contributed by atoms with van der Waals surface area (Å²) >= 11 is 1.31. The molecule has 2 amide bonds. The first kappa shape index (κ1) is 30.6. The van der Waals surface area contributed by atoms with Crippen LogP contribution in [0.15, 0.2) is 106 Å². The number of amides is 2. The van der Waals surface area contributed by atoms with E-state index in [9.17, 15) is 14.4 Å². The van der Waals surface area contributed by atoms with Crippen LogP contribution in [-0.4, -0.2) is 38.9 Å². The van der Waals surface area contributed by atoms with Crippen LogP contribution in [0.4, 0.5) is 5.69 Å². The molecule has 238 valence electrons. The minimum Gasteiger partial charge on any atom is -0.341 e. The molecule has 1 atom stereocenters. The standard InChI is InChI=1S/C38H37N5O3S/c1-24(2)26-15-17-27(18-16-26)35-34(36(45)40-29-11-5-4-6-12-29)25(3)39-38-43(35)37(46)32(47-38)21-28-22-42(31-14-8-7-13-30(28)31)23-33(44)41-19-9-10-20-41/h4-8,11-18,21-22,24,35H,9-10,19-20,23H2,1-3H3,(H,40,45)/b32-21+/t35-/m0/s1. The molecule has 0 bridgehead atoms. The van der Waals surface area contributed by atoms with Gasteiger partial charge >= 0.3 is 0 Å². The van der Waals surface area contributed by atoms with Gasteiger partial charge in [-0.3, -0.25) is 19.0 Å². The van der Waals surface area contributed by atoms with Crippen molar-refractivity contribution in [1.82, 2.24) is 14.0 Å². The van der Waals surface area contributed by atoms with Gasteiger partial charge in [0.15, 0.2) is 4.80 Å². The molecule has 4 heterocycles. The molecule has 2 aliphatic heterocycles. The Bertz CT molecular complexity index is 2200. The van der Waals surface area contributed by atoms with Crippen molar-refractivity contribution in [3.05, 3.63) is 133 Å². The second-order valence-corrected chi connectivity index (χ2v) is 13.5.